The fourth-order valence-electron chi connectivity index (χ4n) is 2.22. The number of rotatable bonds is 2. The highest BCUT2D eigenvalue weighted by molar-refractivity contribution is 5.25. The number of nitrogens with two attached hydrogens (primary N) is 1. The van der Waals surface area contributed by atoms with Gasteiger partial charge in [-0.1, -0.05) is 6.92 Å². The predicted octanol–water partition coefficient (Wildman–Crippen LogP) is 0.458. The van der Waals surface area contributed by atoms with Gasteiger partial charge in [-0.3, -0.25) is 4.68 Å². The average molecular weight is 195 g/mol. The van der Waals surface area contributed by atoms with Crippen LogP contribution in [0.3, 0.4) is 0 Å². The number of aliphatic hydroxyl groups excluding tert-OH is 1. The minimum atomic E-state index is 0.126. The molecule has 0 radical (unpaired) electrons. The summed E-state index contributed by atoms with van der Waals surface area (Å²) in [6.07, 6.45) is 3.92. The molecule has 0 aliphatic heterocycles. The van der Waals surface area contributed by atoms with Gasteiger partial charge in [0.2, 0.25) is 0 Å². The molecule has 1 heterocycles. The molecule has 1 aromatic rings. The molecule has 14 heavy (non-hydrogen) atoms. The maximum Gasteiger partial charge on any atom is 0.0644 e. The average Bonchev–Trinajstić information content (AvgIpc) is 2.49. The Bertz CT molecular complexity index is 321. The molecule has 0 saturated heterocycles. The van der Waals surface area contributed by atoms with Gasteiger partial charge in [-0.15, -0.1) is 0 Å². The Morgan fingerprint density at radius 2 is 2.50 bits per heavy atom. The number of nitrogens with zero attached hydrogens (tertiary/aromatic N) is 2. The molecule has 0 fully saturated rings. The van der Waals surface area contributed by atoms with E-state index in [1.54, 1.807) is 0 Å². The highest BCUT2D eigenvalue weighted by Crippen LogP contribution is 2.31. The molecule has 2 atom stereocenters. The molecule has 3 N–H and O–H groups in total. The molecule has 0 saturated carbocycles. The Hall–Kier alpha value is -0.870. The first-order chi connectivity index (χ1) is 6.72. The van der Waals surface area contributed by atoms with Crippen LogP contribution in [-0.2, 0) is 13.0 Å². The molecule has 78 valence electrons. The van der Waals surface area contributed by atoms with Crippen molar-refractivity contribution < 1.29 is 5.11 Å². The highest BCUT2D eigenvalue weighted by Gasteiger charge is 2.25. The third-order valence-corrected chi connectivity index (χ3v) is 2.89. The summed E-state index contributed by atoms with van der Waals surface area (Å²) in [5.74, 6) is 0.617. The van der Waals surface area contributed by atoms with Gasteiger partial charge in [-0.05, 0) is 18.8 Å². The normalized spacial score (nSPS) is 26.2. The van der Waals surface area contributed by atoms with Gasteiger partial charge in [-0.25, -0.2) is 0 Å². The first-order valence-electron chi connectivity index (χ1n) is 5.13. The SMILES string of the molecule is CC1Cc2c(cnn2CCO)C(N)C1. The van der Waals surface area contributed by atoms with Crippen LogP contribution in [0.4, 0.5) is 0 Å². The zero-order valence-electron chi connectivity index (χ0n) is 8.48. The summed E-state index contributed by atoms with van der Waals surface area (Å²) < 4.78 is 1.88. The third kappa shape index (κ3) is 1.55. The maximum absolute atomic E-state index is 8.88. The second-order valence-electron chi connectivity index (χ2n) is 4.14. The fourth-order valence-corrected chi connectivity index (χ4v) is 2.22. The summed E-state index contributed by atoms with van der Waals surface area (Å²) in [7, 11) is 0. The quantitative estimate of drug-likeness (QED) is 0.720. The third-order valence-electron chi connectivity index (χ3n) is 2.89. The summed E-state index contributed by atoms with van der Waals surface area (Å²) >= 11 is 0. The molecule has 0 aromatic carbocycles. The van der Waals surface area contributed by atoms with Crippen molar-refractivity contribution >= 4 is 0 Å². The standard InChI is InChI=1S/C10H17N3O/c1-7-4-9(11)8-6-12-13(2-3-14)10(8)5-7/h6-7,9,14H,2-5,11H2,1H3. The second-order valence-corrected chi connectivity index (χ2v) is 4.14. The monoisotopic (exact) mass is 195 g/mol. The van der Waals surface area contributed by atoms with Crippen molar-refractivity contribution in [3.8, 4) is 0 Å². The molecule has 0 amide bonds. The van der Waals surface area contributed by atoms with Crippen molar-refractivity contribution in [3.05, 3.63) is 17.5 Å². The Labute approximate surface area is 83.7 Å². The second kappa shape index (κ2) is 3.71. The van der Waals surface area contributed by atoms with Crippen molar-refractivity contribution in [2.45, 2.75) is 32.4 Å². The van der Waals surface area contributed by atoms with E-state index in [1.807, 2.05) is 10.9 Å². The lowest BCUT2D eigenvalue weighted by atomic mass is 9.86. The zero-order valence-corrected chi connectivity index (χ0v) is 8.48. The van der Waals surface area contributed by atoms with Gasteiger partial charge in [-0.2, -0.15) is 5.10 Å². The first-order valence-corrected chi connectivity index (χ1v) is 5.13. The minimum Gasteiger partial charge on any atom is -0.394 e. The molecule has 1 aliphatic carbocycles. The summed E-state index contributed by atoms with van der Waals surface area (Å²) in [5, 5.41) is 13.1. The Kier molecular flexibility index (Phi) is 2.56. The molecular weight excluding hydrogens is 178 g/mol. The number of aromatic nitrogens is 2. The van der Waals surface area contributed by atoms with Crippen LogP contribution in [0.2, 0.25) is 0 Å². The van der Waals surface area contributed by atoms with E-state index in [4.69, 9.17) is 10.8 Å². The summed E-state index contributed by atoms with van der Waals surface area (Å²) in [5.41, 5.74) is 8.41. The first kappa shape index (κ1) is 9.68. The number of hydrogen-bond acceptors (Lipinski definition) is 3. The van der Waals surface area contributed by atoms with Crippen LogP contribution in [0, 0.1) is 5.92 Å². The summed E-state index contributed by atoms with van der Waals surface area (Å²) in [6.45, 7) is 2.92. The van der Waals surface area contributed by atoms with Gasteiger partial charge in [0.25, 0.3) is 0 Å². The van der Waals surface area contributed by atoms with E-state index in [2.05, 4.69) is 12.0 Å². The highest BCUT2D eigenvalue weighted by atomic mass is 16.3. The van der Waals surface area contributed by atoms with Crippen LogP contribution in [0.5, 0.6) is 0 Å². The Balaban J connectivity index is 2.31. The topological polar surface area (TPSA) is 64.1 Å². The number of hydrogen-bond donors (Lipinski definition) is 2. The van der Waals surface area contributed by atoms with Crippen LogP contribution < -0.4 is 5.73 Å². The van der Waals surface area contributed by atoms with E-state index in [1.165, 1.54) is 5.69 Å². The van der Waals surface area contributed by atoms with Crippen molar-refractivity contribution in [2.75, 3.05) is 6.61 Å². The Morgan fingerprint density at radius 1 is 1.71 bits per heavy atom. The molecule has 4 heteroatoms. The lowest BCUT2D eigenvalue weighted by Crippen LogP contribution is -2.24. The van der Waals surface area contributed by atoms with Crippen LogP contribution in [0.1, 0.15) is 30.6 Å². The molecule has 0 bridgehead atoms. The maximum atomic E-state index is 8.88. The lowest BCUT2D eigenvalue weighted by molar-refractivity contribution is 0.265. The minimum absolute atomic E-state index is 0.126. The molecule has 1 aromatic heterocycles. The van der Waals surface area contributed by atoms with E-state index < -0.39 is 0 Å². The predicted molar refractivity (Wildman–Crippen MR) is 53.7 cm³/mol. The van der Waals surface area contributed by atoms with E-state index in [9.17, 15) is 0 Å². The lowest BCUT2D eigenvalue weighted by Gasteiger charge is -2.24. The van der Waals surface area contributed by atoms with Crippen LogP contribution in [-0.4, -0.2) is 21.5 Å². The summed E-state index contributed by atoms with van der Waals surface area (Å²) in [6, 6.07) is 0.126. The van der Waals surface area contributed by atoms with Crippen molar-refractivity contribution in [1.29, 1.82) is 0 Å². The van der Waals surface area contributed by atoms with Gasteiger partial charge in [0.15, 0.2) is 0 Å². The van der Waals surface area contributed by atoms with Crippen LogP contribution in [0.15, 0.2) is 6.20 Å². The Morgan fingerprint density at radius 3 is 3.21 bits per heavy atom. The molecular formula is C10H17N3O. The van der Waals surface area contributed by atoms with E-state index in [-0.39, 0.29) is 12.6 Å². The van der Waals surface area contributed by atoms with Gasteiger partial charge >= 0.3 is 0 Å². The van der Waals surface area contributed by atoms with Crippen molar-refractivity contribution in [3.63, 3.8) is 0 Å². The van der Waals surface area contributed by atoms with Crippen LogP contribution in [0.25, 0.3) is 0 Å². The van der Waals surface area contributed by atoms with Crippen molar-refractivity contribution in [2.24, 2.45) is 11.7 Å². The van der Waals surface area contributed by atoms with Gasteiger partial charge in [0.1, 0.15) is 0 Å². The molecule has 4 nitrogen and oxygen atoms in total. The molecule has 2 rings (SSSR count). The number of fused-ring (bicyclic) bond motifs is 1. The van der Waals surface area contributed by atoms with Crippen molar-refractivity contribution in [1.82, 2.24) is 9.78 Å². The zero-order chi connectivity index (χ0) is 10.1. The largest absolute Gasteiger partial charge is 0.394 e. The number of aliphatic hydroxyl groups is 1. The molecule has 1 aliphatic rings. The van der Waals surface area contributed by atoms with E-state index >= 15 is 0 Å². The fraction of sp³-hybridized carbons (Fsp3) is 0.700. The summed E-state index contributed by atoms with van der Waals surface area (Å²) in [4.78, 5) is 0. The van der Waals surface area contributed by atoms with Gasteiger partial charge in [0, 0.05) is 17.3 Å². The smallest absolute Gasteiger partial charge is 0.0644 e. The van der Waals surface area contributed by atoms with Gasteiger partial charge in [0.05, 0.1) is 19.3 Å². The van der Waals surface area contributed by atoms with Gasteiger partial charge < -0.3 is 10.8 Å². The van der Waals surface area contributed by atoms with E-state index in [0.29, 0.717) is 12.5 Å². The molecule has 2 unspecified atom stereocenters. The van der Waals surface area contributed by atoms with Crippen LogP contribution >= 0.6 is 0 Å². The van der Waals surface area contributed by atoms with E-state index in [0.717, 1.165) is 18.4 Å². The molecule has 0 spiro atoms.